The summed E-state index contributed by atoms with van der Waals surface area (Å²) in [5.74, 6) is 0. The van der Waals surface area contributed by atoms with Gasteiger partial charge in [-0.15, -0.1) is 0 Å². The Bertz CT molecular complexity index is 209. The highest BCUT2D eigenvalue weighted by atomic mass is 15.1. The minimum atomic E-state index is 0.183. The lowest BCUT2D eigenvalue weighted by Crippen LogP contribution is -2.57. The van der Waals surface area contributed by atoms with E-state index >= 15 is 0 Å². The fourth-order valence-corrected chi connectivity index (χ4v) is 2.71. The Morgan fingerprint density at radius 3 is 1.15 bits per heavy atom. The minimum Gasteiger partial charge on any atom is -0.308 e. The summed E-state index contributed by atoms with van der Waals surface area (Å²) in [5, 5.41) is 7.72. The van der Waals surface area contributed by atoms with Gasteiger partial charge in [0.2, 0.25) is 0 Å². The molecule has 0 aromatic heterocycles. The molecule has 0 bridgehead atoms. The van der Waals surface area contributed by atoms with Crippen LogP contribution >= 0.6 is 0 Å². The monoisotopic (exact) mass is 284 g/mol. The lowest BCUT2D eigenvalue weighted by atomic mass is 9.92. The van der Waals surface area contributed by atoms with E-state index in [0.29, 0.717) is 12.1 Å². The van der Waals surface area contributed by atoms with Crippen LogP contribution in [0.1, 0.15) is 93.9 Å². The zero-order valence-electron chi connectivity index (χ0n) is 15.4. The Hall–Kier alpha value is -0.0800. The van der Waals surface area contributed by atoms with E-state index in [0.717, 1.165) is 0 Å². The van der Waals surface area contributed by atoms with Gasteiger partial charge in [0.1, 0.15) is 0 Å². The molecule has 2 unspecified atom stereocenters. The van der Waals surface area contributed by atoms with Crippen molar-refractivity contribution in [3.63, 3.8) is 0 Å². The van der Waals surface area contributed by atoms with E-state index in [1.54, 1.807) is 0 Å². The normalized spacial score (nSPS) is 16.2. The van der Waals surface area contributed by atoms with Crippen molar-refractivity contribution in [2.24, 2.45) is 0 Å². The van der Waals surface area contributed by atoms with E-state index in [9.17, 15) is 0 Å². The zero-order valence-corrected chi connectivity index (χ0v) is 15.4. The summed E-state index contributed by atoms with van der Waals surface area (Å²) in [6.45, 7) is 18.2. The van der Waals surface area contributed by atoms with Crippen molar-refractivity contribution in [1.82, 2.24) is 10.6 Å². The Morgan fingerprint density at radius 1 is 0.650 bits per heavy atom. The molecular formula is C18H40N2. The highest BCUT2D eigenvalue weighted by Crippen LogP contribution is 2.17. The molecule has 0 radical (unpaired) electrons. The van der Waals surface area contributed by atoms with Gasteiger partial charge in [0, 0.05) is 23.2 Å². The maximum absolute atomic E-state index is 3.86. The van der Waals surface area contributed by atoms with Gasteiger partial charge in [-0.25, -0.2) is 0 Å². The number of nitrogens with one attached hydrogen (secondary N) is 2. The van der Waals surface area contributed by atoms with Crippen molar-refractivity contribution in [3.05, 3.63) is 0 Å². The van der Waals surface area contributed by atoms with E-state index in [4.69, 9.17) is 0 Å². The number of hydrogen-bond acceptors (Lipinski definition) is 2. The standard InChI is InChI=1S/C18H40N2/c1-9-11-13-15(19-17(3,4)5)16(14-12-10-2)20-18(6,7)8/h15-16,19-20H,9-14H2,1-8H3. The Kier molecular flexibility index (Phi) is 9.01. The van der Waals surface area contributed by atoms with Crippen LogP contribution in [0.3, 0.4) is 0 Å². The van der Waals surface area contributed by atoms with E-state index in [2.05, 4.69) is 66.0 Å². The van der Waals surface area contributed by atoms with Gasteiger partial charge in [-0.05, 0) is 54.4 Å². The Balaban J connectivity index is 4.85. The molecule has 0 heterocycles. The van der Waals surface area contributed by atoms with Crippen LogP contribution in [0, 0.1) is 0 Å². The number of hydrogen-bond donors (Lipinski definition) is 2. The first-order valence-electron chi connectivity index (χ1n) is 8.64. The van der Waals surface area contributed by atoms with Gasteiger partial charge in [0.15, 0.2) is 0 Å². The van der Waals surface area contributed by atoms with E-state index in [1.165, 1.54) is 38.5 Å². The van der Waals surface area contributed by atoms with Crippen LogP contribution in [0.5, 0.6) is 0 Å². The molecule has 2 nitrogen and oxygen atoms in total. The Morgan fingerprint density at radius 2 is 0.950 bits per heavy atom. The largest absolute Gasteiger partial charge is 0.308 e. The SMILES string of the molecule is CCCCC(NC(C)(C)C)C(CCCC)NC(C)(C)C. The predicted molar refractivity (Wildman–Crippen MR) is 92.4 cm³/mol. The molecule has 0 saturated carbocycles. The fraction of sp³-hybridized carbons (Fsp3) is 1.00. The first kappa shape index (κ1) is 19.9. The van der Waals surface area contributed by atoms with Gasteiger partial charge in [0.05, 0.1) is 0 Å². The second-order valence-corrected chi connectivity index (χ2v) is 8.29. The fourth-order valence-electron chi connectivity index (χ4n) is 2.71. The molecule has 0 aromatic carbocycles. The number of unbranched alkanes of at least 4 members (excludes halogenated alkanes) is 2. The van der Waals surface area contributed by atoms with Crippen LogP contribution in [0.15, 0.2) is 0 Å². The van der Waals surface area contributed by atoms with Crippen molar-refractivity contribution >= 4 is 0 Å². The quantitative estimate of drug-likeness (QED) is 0.630. The molecule has 0 fully saturated rings. The lowest BCUT2D eigenvalue weighted by Gasteiger charge is -2.38. The highest BCUT2D eigenvalue weighted by Gasteiger charge is 2.27. The van der Waals surface area contributed by atoms with Gasteiger partial charge in [0.25, 0.3) is 0 Å². The second-order valence-electron chi connectivity index (χ2n) is 8.29. The third kappa shape index (κ3) is 10.7. The third-order valence-electron chi connectivity index (χ3n) is 3.46. The van der Waals surface area contributed by atoms with Gasteiger partial charge in [-0.2, -0.15) is 0 Å². The molecule has 0 spiro atoms. The van der Waals surface area contributed by atoms with Gasteiger partial charge < -0.3 is 10.6 Å². The molecule has 0 aliphatic heterocycles. The molecule has 2 heteroatoms. The molecule has 0 amide bonds. The van der Waals surface area contributed by atoms with Crippen LogP contribution in [-0.4, -0.2) is 23.2 Å². The topological polar surface area (TPSA) is 24.1 Å². The maximum atomic E-state index is 3.86. The van der Waals surface area contributed by atoms with Gasteiger partial charge >= 0.3 is 0 Å². The summed E-state index contributed by atoms with van der Waals surface area (Å²) >= 11 is 0. The first-order valence-corrected chi connectivity index (χ1v) is 8.64. The summed E-state index contributed by atoms with van der Waals surface area (Å²) < 4.78 is 0. The molecule has 0 aromatic rings. The smallest absolute Gasteiger partial charge is 0.0226 e. The van der Waals surface area contributed by atoms with E-state index < -0.39 is 0 Å². The molecule has 0 rings (SSSR count). The van der Waals surface area contributed by atoms with Crippen molar-refractivity contribution in [1.29, 1.82) is 0 Å². The number of rotatable bonds is 9. The summed E-state index contributed by atoms with van der Waals surface area (Å²) in [4.78, 5) is 0. The van der Waals surface area contributed by atoms with Crippen molar-refractivity contribution in [2.75, 3.05) is 0 Å². The average molecular weight is 285 g/mol. The molecular weight excluding hydrogens is 244 g/mol. The summed E-state index contributed by atoms with van der Waals surface area (Å²) in [6, 6.07) is 1.14. The molecule has 2 atom stereocenters. The summed E-state index contributed by atoms with van der Waals surface area (Å²) in [7, 11) is 0. The maximum Gasteiger partial charge on any atom is 0.0226 e. The molecule has 0 aliphatic carbocycles. The minimum absolute atomic E-state index is 0.183. The van der Waals surface area contributed by atoms with Gasteiger partial charge in [-0.3, -0.25) is 0 Å². The van der Waals surface area contributed by atoms with Crippen molar-refractivity contribution in [2.45, 2.75) is 117 Å². The van der Waals surface area contributed by atoms with Crippen LogP contribution in [-0.2, 0) is 0 Å². The first-order chi connectivity index (χ1) is 9.09. The molecule has 2 N–H and O–H groups in total. The average Bonchev–Trinajstić information content (AvgIpc) is 2.27. The summed E-state index contributed by atoms with van der Waals surface area (Å²) in [6.07, 6.45) is 7.71. The third-order valence-corrected chi connectivity index (χ3v) is 3.46. The predicted octanol–water partition coefficient (Wildman–Crippen LogP) is 4.88. The van der Waals surface area contributed by atoms with Crippen LogP contribution < -0.4 is 10.6 Å². The van der Waals surface area contributed by atoms with Crippen LogP contribution in [0.25, 0.3) is 0 Å². The van der Waals surface area contributed by atoms with Gasteiger partial charge in [-0.1, -0.05) is 39.5 Å². The molecule has 0 saturated heterocycles. The van der Waals surface area contributed by atoms with Crippen LogP contribution in [0.2, 0.25) is 0 Å². The lowest BCUT2D eigenvalue weighted by molar-refractivity contribution is 0.231. The second kappa shape index (κ2) is 9.04. The van der Waals surface area contributed by atoms with Crippen LogP contribution in [0.4, 0.5) is 0 Å². The van der Waals surface area contributed by atoms with Crippen molar-refractivity contribution in [3.8, 4) is 0 Å². The molecule has 20 heavy (non-hydrogen) atoms. The summed E-state index contributed by atoms with van der Waals surface area (Å²) in [5.41, 5.74) is 0.366. The zero-order chi connectivity index (χ0) is 15.8. The Labute approximate surface area is 128 Å². The molecule has 0 aliphatic rings. The highest BCUT2D eigenvalue weighted by molar-refractivity contribution is 4.90. The van der Waals surface area contributed by atoms with Crippen molar-refractivity contribution < 1.29 is 0 Å². The van der Waals surface area contributed by atoms with E-state index in [-0.39, 0.29) is 11.1 Å². The van der Waals surface area contributed by atoms with E-state index in [1.807, 2.05) is 0 Å². The molecule has 122 valence electrons.